The summed E-state index contributed by atoms with van der Waals surface area (Å²) in [5.74, 6) is 0. The number of hydrogen-bond donors (Lipinski definition) is 0. The van der Waals surface area contributed by atoms with Crippen LogP contribution in [-0.2, 0) is 18.0 Å². The summed E-state index contributed by atoms with van der Waals surface area (Å²) in [5.41, 5.74) is 3.75. The topological polar surface area (TPSA) is 67.9 Å². The lowest BCUT2D eigenvalue weighted by Gasteiger charge is -2.35. The number of aryl methyl sites for hydroxylation is 1. The normalized spacial score (nSPS) is 15.4. The molecule has 0 unspecified atom stereocenters. The van der Waals surface area contributed by atoms with Crippen LogP contribution >= 0.6 is 0 Å². The van der Waals surface area contributed by atoms with Crippen LogP contribution in [0.1, 0.15) is 24.2 Å². The third-order valence-corrected chi connectivity index (χ3v) is 6.40. The highest BCUT2D eigenvalue weighted by Gasteiger charge is 2.30. The number of fused-ring (bicyclic) bond motifs is 1. The molecule has 0 radical (unpaired) electrons. The molecule has 1 fully saturated rings. The molecule has 0 N–H and O–H groups in total. The maximum atomic E-state index is 12.8. The minimum Gasteiger partial charge on any atom is -0.442 e. The lowest BCUT2D eigenvalue weighted by Crippen LogP contribution is -2.49. The molecule has 1 aliphatic heterocycles. The summed E-state index contributed by atoms with van der Waals surface area (Å²) in [4.78, 5) is 16.5. The molecule has 4 heterocycles. The number of alkyl halides is 3. The number of ether oxygens (including phenoxy) is 1. The van der Waals surface area contributed by atoms with Crippen LogP contribution in [0.15, 0.2) is 61.2 Å². The molecule has 1 amide bonds. The van der Waals surface area contributed by atoms with Gasteiger partial charge in [-0.2, -0.15) is 23.4 Å². The predicted octanol–water partition coefficient (Wildman–Crippen LogP) is 4.77. The molecule has 8 nitrogen and oxygen atoms in total. The third-order valence-electron chi connectivity index (χ3n) is 6.40. The molecule has 0 bridgehead atoms. The molecule has 1 aromatic carbocycles. The van der Waals surface area contributed by atoms with Gasteiger partial charge in [0.15, 0.2) is 0 Å². The summed E-state index contributed by atoms with van der Waals surface area (Å²) in [6.45, 7) is 3.79. The van der Waals surface area contributed by atoms with Gasteiger partial charge in [-0.25, -0.2) is 9.31 Å². The molecule has 3 aromatic heterocycles. The lowest BCUT2D eigenvalue weighted by molar-refractivity contribution is -0.137. The Kier molecular flexibility index (Phi) is 6.07. The van der Waals surface area contributed by atoms with Crippen molar-refractivity contribution in [3.05, 3.63) is 72.3 Å². The summed E-state index contributed by atoms with van der Waals surface area (Å²) in [6.07, 6.45) is 2.00. The fourth-order valence-corrected chi connectivity index (χ4v) is 4.32. The van der Waals surface area contributed by atoms with E-state index in [1.807, 2.05) is 48.5 Å². The highest BCUT2D eigenvalue weighted by atomic mass is 19.4. The number of amides is 1. The number of anilines is 1. The Bertz CT molecular complexity index is 1370. The minimum absolute atomic E-state index is 0.462. The van der Waals surface area contributed by atoms with E-state index in [-0.39, 0.29) is 0 Å². The lowest BCUT2D eigenvalue weighted by atomic mass is 10.1. The number of carbonyl (C=O) groups is 1. The minimum atomic E-state index is -4.40. The molecule has 36 heavy (non-hydrogen) atoms. The molecule has 1 aliphatic rings. The Balaban J connectivity index is 1.19. The van der Waals surface area contributed by atoms with Gasteiger partial charge in [0, 0.05) is 56.7 Å². The van der Waals surface area contributed by atoms with Crippen molar-refractivity contribution >= 4 is 17.3 Å². The van der Waals surface area contributed by atoms with Crippen molar-refractivity contribution in [1.29, 1.82) is 0 Å². The first-order valence-electron chi connectivity index (χ1n) is 11.5. The smallest absolute Gasteiger partial charge is 0.416 e. The van der Waals surface area contributed by atoms with Crippen molar-refractivity contribution in [3.8, 4) is 11.1 Å². The van der Waals surface area contributed by atoms with Crippen LogP contribution < -0.4 is 4.90 Å². The summed E-state index contributed by atoms with van der Waals surface area (Å²) in [6, 6.07) is 8.72. The van der Waals surface area contributed by atoms with Crippen LogP contribution in [0.2, 0.25) is 0 Å². The molecule has 0 saturated carbocycles. The van der Waals surface area contributed by atoms with Crippen LogP contribution in [-0.4, -0.2) is 56.6 Å². The third kappa shape index (κ3) is 4.73. The van der Waals surface area contributed by atoms with Gasteiger partial charge in [-0.05, 0) is 30.7 Å². The number of rotatable bonds is 4. The van der Waals surface area contributed by atoms with Crippen molar-refractivity contribution in [3.63, 3.8) is 0 Å². The van der Waals surface area contributed by atoms with Gasteiger partial charge in [-0.15, -0.1) is 0 Å². The number of nitrogens with zero attached hydrogens (tertiary/aromatic N) is 6. The average molecular weight is 499 g/mol. The predicted molar refractivity (Wildman–Crippen MR) is 128 cm³/mol. The maximum absolute atomic E-state index is 12.8. The Morgan fingerprint density at radius 1 is 0.944 bits per heavy atom. The van der Waals surface area contributed by atoms with Crippen molar-refractivity contribution in [2.45, 2.75) is 19.2 Å². The zero-order chi connectivity index (χ0) is 25.4. The average Bonchev–Trinajstić information content (AvgIpc) is 3.49. The number of hydrogen-bond acceptors (Lipinski definition) is 5. The van der Waals surface area contributed by atoms with E-state index in [0.717, 1.165) is 34.5 Å². The summed E-state index contributed by atoms with van der Waals surface area (Å²) in [5, 5.41) is 8.72. The molecule has 188 valence electrons. The van der Waals surface area contributed by atoms with E-state index in [1.165, 1.54) is 12.1 Å². The van der Waals surface area contributed by atoms with E-state index in [2.05, 4.69) is 15.1 Å². The second kappa shape index (κ2) is 9.21. The van der Waals surface area contributed by atoms with Crippen molar-refractivity contribution < 1.29 is 22.7 Å². The number of carbonyl (C=O) groups excluding carboxylic acids is 1. The Morgan fingerprint density at radius 3 is 2.31 bits per heavy atom. The van der Waals surface area contributed by atoms with E-state index in [0.29, 0.717) is 31.7 Å². The van der Waals surface area contributed by atoms with E-state index < -0.39 is 23.9 Å². The summed E-state index contributed by atoms with van der Waals surface area (Å²) in [7, 11) is 1.87. The second-order valence-corrected chi connectivity index (χ2v) is 8.80. The molecule has 5 rings (SSSR count). The van der Waals surface area contributed by atoms with Crippen molar-refractivity contribution in [1.82, 2.24) is 24.3 Å². The van der Waals surface area contributed by atoms with Gasteiger partial charge in [0.25, 0.3) is 0 Å². The highest BCUT2D eigenvalue weighted by Crippen LogP contribution is 2.31. The number of halogens is 3. The quantitative estimate of drug-likeness (QED) is 0.405. The monoisotopic (exact) mass is 498 g/mol. The van der Waals surface area contributed by atoms with E-state index >= 15 is 0 Å². The van der Waals surface area contributed by atoms with Crippen LogP contribution in [0.5, 0.6) is 0 Å². The first-order valence-corrected chi connectivity index (χ1v) is 11.5. The molecule has 0 spiro atoms. The van der Waals surface area contributed by atoms with Gasteiger partial charge in [0.1, 0.15) is 6.10 Å². The standard InChI is InChI=1S/C25H25F3N6O2/c1-17(18-3-6-21(7-4-18)25(26,27)28)36-24(35)33-11-9-32(10-12-33)23-14-30-34-16-19(5-8-22(23)34)20-13-29-31(2)15-20/h3-8,13-17H,9-12H2,1-2H3/t17-/m1/s1. The van der Waals surface area contributed by atoms with Crippen LogP contribution in [0, 0.1) is 0 Å². The van der Waals surface area contributed by atoms with Gasteiger partial charge < -0.3 is 14.5 Å². The number of benzene rings is 1. The summed E-state index contributed by atoms with van der Waals surface area (Å²) < 4.78 is 47.4. The van der Waals surface area contributed by atoms with E-state index in [1.54, 1.807) is 16.5 Å². The van der Waals surface area contributed by atoms with E-state index in [4.69, 9.17) is 4.74 Å². The fourth-order valence-electron chi connectivity index (χ4n) is 4.32. The van der Waals surface area contributed by atoms with Crippen molar-refractivity contribution in [2.75, 3.05) is 31.1 Å². The van der Waals surface area contributed by atoms with Crippen LogP contribution in [0.4, 0.5) is 23.7 Å². The van der Waals surface area contributed by atoms with Gasteiger partial charge in [0.05, 0.1) is 29.2 Å². The largest absolute Gasteiger partial charge is 0.442 e. The second-order valence-electron chi connectivity index (χ2n) is 8.80. The van der Waals surface area contributed by atoms with Gasteiger partial charge in [0.2, 0.25) is 0 Å². The molecule has 4 aromatic rings. The van der Waals surface area contributed by atoms with Gasteiger partial charge >= 0.3 is 12.3 Å². The molecule has 0 aliphatic carbocycles. The van der Waals surface area contributed by atoms with Crippen LogP contribution in [0.25, 0.3) is 16.6 Å². The Morgan fingerprint density at radius 2 is 1.67 bits per heavy atom. The number of aromatic nitrogens is 4. The fraction of sp³-hybridized carbons (Fsp3) is 0.320. The maximum Gasteiger partial charge on any atom is 0.416 e. The first-order chi connectivity index (χ1) is 17.2. The molecular formula is C25H25F3N6O2. The van der Waals surface area contributed by atoms with Gasteiger partial charge in [-0.3, -0.25) is 4.68 Å². The molecular weight excluding hydrogens is 473 g/mol. The number of pyridine rings is 1. The zero-order valence-corrected chi connectivity index (χ0v) is 19.8. The van der Waals surface area contributed by atoms with E-state index in [9.17, 15) is 18.0 Å². The Hall–Kier alpha value is -4.02. The number of piperazine rings is 1. The molecule has 11 heteroatoms. The first kappa shape index (κ1) is 23.7. The van der Waals surface area contributed by atoms with Gasteiger partial charge in [-0.1, -0.05) is 18.2 Å². The zero-order valence-electron chi connectivity index (χ0n) is 19.8. The molecule has 1 saturated heterocycles. The molecule has 1 atom stereocenters. The van der Waals surface area contributed by atoms with Crippen molar-refractivity contribution in [2.24, 2.45) is 7.05 Å². The SMILES string of the molecule is C[C@@H](OC(=O)N1CCN(c2cnn3cc(-c4cnn(C)c4)ccc23)CC1)c1ccc(C(F)(F)F)cc1. The Labute approximate surface area is 205 Å². The van der Waals surface area contributed by atoms with Crippen LogP contribution in [0.3, 0.4) is 0 Å². The summed E-state index contributed by atoms with van der Waals surface area (Å²) >= 11 is 0. The highest BCUT2D eigenvalue weighted by molar-refractivity contribution is 5.76.